The molecule has 0 aliphatic rings. The van der Waals surface area contributed by atoms with Crippen LogP contribution in [-0.2, 0) is 13.6 Å². The Bertz CT molecular complexity index is 558. The first-order valence-electron chi connectivity index (χ1n) is 7.34. The number of anilines is 1. The summed E-state index contributed by atoms with van der Waals surface area (Å²) >= 11 is 0. The second-order valence-corrected chi connectivity index (χ2v) is 4.88. The van der Waals surface area contributed by atoms with Gasteiger partial charge in [0.1, 0.15) is 11.6 Å². The van der Waals surface area contributed by atoms with Crippen LogP contribution in [0.2, 0.25) is 0 Å². The number of rotatable bonds is 7. The molecule has 0 bridgehead atoms. The Labute approximate surface area is 120 Å². The third-order valence-electron chi connectivity index (χ3n) is 3.44. The average molecular weight is 276 g/mol. The van der Waals surface area contributed by atoms with Gasteiger partial charge in [0.15, 0.2) is 5.65 Å². The number of aromatic nitrogens is 4. The first kappa shape index (κ1) is 14.7. The molecule has 0 aliphatic heterocycles. The molecule has 2 rings (SSSR count). The maximum Gasteiger partial charge on any atom is 0.163 e. The van der Waals surface area contributed by atoms with Crippen LogP contribution < -0.4 is 5.32 Å². The fourth-order valence-corrected chi connectivity index (χ4v) is 2.16. The molecule has 2 aromatic heterocycles. The summed E-state index contributed by atoms with van der Waals surface area (Å²) in [6, 6.07) is 0. The summed E-state index contributed by atoms with van der Waals surface area (Å²) in [5, 5.41) is 8.65. The smallest absolute Gasteiger partial charge is 0.163 e. The highest BCUT2D eigenvalue weighted by atomic mass is 15.3. The summed E-state index contributed by atoms with van der Waals surface area (Å²) in [6.07, 6.45) is 2.89. The molecule has 6 heteroatoms. The molecule has 0 aliphatic carbocycles. The molecule has 0 aromatic carbocycles. The summed E-state index contributed by atoms with van der Waals surface area (Å²) in [7, 11) is 1.92. The Morgan fingerprint density at radius 2 is 1.95 bits per heavy atom. The van der Waals surface area contributed by atoms with Gasteiger partial charge >= 0.3 is 0 Å². The van der Waals surface area contributed by atoms with Crippen molar-refractivity contribution in [1.29, 1.82) is 0 Å². The Morgan fingerprint density at radius 1 is 1.20 bits per heavy atom. The molecule has 0 atom stereocenters. The lowest BCUT2D eigenvalue weighted by Crippen LogP contribution is -2.23. The maximum atomic E-state index is 4.67. The van der Waals surface area contributed by atoms with E-state index in [1.54, 1.807) is 4.68 Å². The lowest BCUT2D eigenvalue weighted by atomic mass is 10.3. The van der Waals surface area contributed by atoms with Crippen LogP contribution in [0.15, 0.2) is 6.20 Å². The molecule has 0 saturated carbocycles. The molecule has 2 heterocycles. The highest BCUT2D eigenvalue weighted by molar-refractivity contribution is 5.86. The van der Waals surface area contributed by atoms with Crippen LogP contribution in [0, 0.1) is 0 Å². The quantitative estimate of drug-likeness (QED) is 0.838. The first-order chi connectivity index (χ1) is 9.69. The van der Waals surface area contributed by atoms with Crippen molar-refractivity contribution in [2.45, 2.75) is 33.7 Å². The molecule has 0 fully saturated rings. The van der Waals surface area contributed by atoms with Crippen LogP contribution >= 0.6 is 0 Å². The molecule has 110 valence electrons. The van der Waals surface area contributed by atoms with Gasteiger partial charge in [0.2, 0.25) is 0 Å². The fourth-order valence-electron chi connectivity index (χ4n) is 2.16. The lowest BCUT2D eigenvalue weighted by molar-refractivity contribution is 0.288. The fraction of sp³-hybridized carbons (Fsp3) is 0.643. The third kappa shape index (κ3) is 3.07. The van der Waals surface area contributed by atoms with E-state index in [1.807, 2.05) is 13.2 Å². The number of fused-ring (bicyclic) bond motifs is 1. The van der Waals surface area contributed by atoms with Gasteiger partial charge in [0.05, 0.1) is 18.1 Å². The molecule has 6 nitrogen and oxygen atoms in total. The number of hydrogen-bond donors (Lipinski definition) is 1. The molecule has 20 heavy (non-hydrogen) atoms. The predicted molar refractivity (Wildman–Crippen MR) is 81.7 cm³/mol. The predicted octanol–water partition coefficient (Wildman–Crippen LogP) is 2.03. The first-order valence-corrected chi connectivity index (χ1v) is 7.34. The standard InChI is InChI=1S/C14H24N6/c1-5-8-15-13-11-9-16-19(4)14(11)18-12(17-13)10-20(6-2)7-3/h9H,5-8,10H2,1-4H3,(H,15,17,18). The van der Waals surface area contributed by atoms with Crippen LogP contribution in [0.5, 0.6) is 0 Å². The zero-order valence-corrected chi connectivity index (χ0v) is 12.8. The molecule has 0 radical (unpaired) electrons. The summed E-state index contributed by atoms with van der Waals surface area (Å²) in [6.45, 7) is 10.1. The lowest BCUT2D eigenvalue weighted by Gasteiger charge is -2.17. The molecular weight excluding hydrogens is 252 g/mol. The van der Waals surface area contributed by atoms with E-state index >= 15 is 0 Å². The minimum Gasteiger partial charge on any atom is -0.369 e. The van der Waals surface area contributed by atoms with Crippen LogP contribution in [0.25, 0.3) is 11.0 Å². The summed E-state index contributed by atoms with van der Waals surface area (Å²) in [5.41, 5.74) is 0.890. The Kier molecular flexibility index (Phi) is 4.89. The molecular formula is C14H24N6. The second kappa shape index (κ2) is 6.65. The highest BCUT2D eigenvalue weighted by Crippen LogP contribution is 2.20. The SMILES string of the molecule is CCCNc1nc(CN(CC)CC)nc2c1cnn2C. The van der Waals surface area contributed by atoms with Crippen molar-refractivity contribution in [3.63, 3.8) is 0 Å². The molecule has 0 unspecified atom stereocenters. The van der Waals surface area contributed by atoms with Gasteiger partial charge in [-0.25, -0.2) is 9.97 Å². The van der Waals surface area contributed by atoms with E-state index in [1.165, 1.54) is 0 Å². The largest absolute Gasteiger partial charge is 0.369 e. The zero-order chi connectivity index (χ0) is 14.5. The van der Waals surface area contributed by atoms with E-state index in [0.29, 0.717) is 0 Å². The summed E-state index contributed by atoms with van der Waals surface area (Å²) < 4.78 is 1.81. The zero-order valence-electron chi connectivity index (χ0n) is 12.8. The van der Waals surface area contributed by atoms with Gasteiger partial charge in [-0.1, -0.05) is 20.8 Å². The minimum atomic E-state index is 0.773. The number of aryl methyl sites for hydroxylation is 1. The van der Waals surface area contributed by atoms with Crippen molar-refractivity contribution < 1.29 is 0 Å². The van der Waals surface area contributed by atoms with Gasteiger partial charge in [0.25, 0.3) is 0 Å². The molecule has 2 aromatic rings. The highest BCUT2D eigenvalue weighted by Gasteiger charge is 2.12. The second-order valence-electron chi connectivity index (χ2n) is 4.88. The number of nitrogens with zero attached hydrogens (tertiary/aromatic N) is 5. The topological polar surface area (TPSA) is 58.9 Å². The van der Waals surface area contributed by atoms with E-state index in [9.17, 15) is 0 Å². The number of nitrogens with one attached hydrogen (secondary N) is 1. The van der Waals surface area contributed by atoms with Crippen molar-refractivity contribution in [2.75, 3.05) is 25.0 Å². The Hall–Kier alpha value is -1.69. The van der Waals surface area contributed by atoms with E-state index in [-0.39, 0.29) is 0 Å². The van der Waals surface area contributed by atoms with Crippen molar-refractivity contribution >= 4 is 16.9 Å². The van der Waals surface area contributed by atoms with Crippen molar-refractivity contribution in [3.05, 3.63) is 12.0 Å². The van der Waals surface area contributed by atoms with Gasteiger partial charge in [-0.3, -0.25) is 9.58 Å². The molecule has 0 amide bonds. The van der Waals surface area contributed by atoms with E-state index in [2.05, 4.69) is 46.1 Å². The van der Waals surface area contributed by atoms with Crippen LogP contribution in [0.1, 0.15) is 33.0 Å². The van der Waals surface area contributed by atoms with Crippen LogP contribution in [-0.4, -0.2) is 44.3 Å². The Balaban J connectivity index is 2.37. The Morgan fingerprint density at radius 3 is 2.60 bits per heavy atom. The van der Waals surface area contributed by atoms with Gasteiger partial charge in [-0.15, -0.1) is 0 Å². The molecule has 0 spiro atoms. The third-order valence-corrected chi connectivity index (χ3v) is 3.44. The average Bonchev–Trinajstić information content (AvgIpc) is 2.84. The summed E-state index contributed by atoms with van der Waals surface area (Å²) in [5.74, 6) is 1.75. The van der Waals surface area contributed by atoms with Gasteiger partial charge in [0, 0.05) is 13.6 Å². The van der Waals surface area contributed by atoms with Crippen LogP contribution in [0.3, 0.4) is 0 Å². The van der Waals surface area contributed by atoms with Gasteiger partial charge in [-0.2, -0.15) is 5.10 Å². The van der Waals surface area contributed by atoms with E-state index in [4.69, 9.17) is 0 Å². The van der Waals surface area contributed by atoms with Gasteiger partial charge in [-0.05, 0) is 19.5 Å². The molecule has 1 N–H and O–H groups in total. The number of hydrogen-bond acceptors (Lipinski definition) is 5. The van der Waals surface area contributed by atoms with Crippen molar-refractivity contribution in [1.82, 2.24) is 24.6 Å². The van der Waals surface area contributed by atoms with Crippen LogP contribution in [0.4, 0.5) is 5.82 Å². The maximum absolute atomic E-state index is 4.67. The van der Waals surface area contributed by atoms with Crippen molar-refractivity contribution in [2.24, 2.45) is 7.05 Å². The monoisotopic (exact) mass is 276 g/mol. The molecule has 0 saturated heterocycles. The van der Waals surface area contributed by atoms with E-state index in [0.717, 1.165) is 55.3 Å². The minimum absolute atomic E-state index is 0.773. The van der Waals surface area contributed by atoms with E-state index < -0.39 is 0 Å². The van der Waals surface area contributed by atoms with Crippen molar-refractivity contribution in [3.8, 4) is 0 Å². The normalized spacial score (nSPS) is 11.4. The van der Waals surface area contributed by atoms with Gasteiger partial charge < -0.3 is 5.32 Å². The summed E-state index contributed by atoms with van der Waals surface area (Å²) in [4.78, 5) is 11.6.